The zero-order valence-corrected chi connectivity index (χ0v) is 15.4. The van der Waals surface area contributed by atoms with Crippen molar-refractivity contribution in [2.24, 2.45) is 4.04 Å². The van der Waals surface area contributed by atoms with Crippen molar-refractivity contribution in [3.05, 3.63) is 59.9 Å². The van der Waals surface area contributed by atoms with E-state index in [0.717, 1.165) is 11.6 Å². The standard InChI is InChI=1S/C17H15FN2O4SSi/c18-13-4-6-14(7-5-13)19-17(21)12-2-1-3-15(10-12)25(22,23)20-26-16-8-9-24-11-16/h1-7,10H,8-9,11H2,(H,19,21). The summed E-state index contributed by atoms with van der Waals surface area (Å²) in [5.41, 5.74) is 0.583. The van der Waals surface area contributed by atoms with Crippen LogP contribution in [-0.2, 0) is 14.8 Å². The molecule has 9 heteroatoms. The summed E-state index contributed by atoms with van der Waals surface area (Å²) in [6.45, 7) is 1.04. The molecule has 0 spiro atoms. The van der Waals surface area contributed by atoms with Crippen LogP contribution in [0.1, 0.15) is 16.8 Å². The molecule has 0 radical (unpaired) electrons. The normalized spacial score (nSPS) is 14.0. The van der Waals surface area contributed by atoms with Gasteiger partial charge in [0.25, 0.3) is 15.9 Å². The second kappa shape index (κ2) is 7.90. The van der Waals surface area contributed by atoms with Gasteiger partial charge in [-0.15, -0.1) is 0 Å². The van der Waals surface area contributed by atoms with E-state index in [1.165, 1.54) is 48.5 Å². The maximum absolute atomic E-state index is 12.9. The van der Waals surface area contributed by atoms with Gasteiger partial charge in [-0.1, -0.05) is 6.07 Å². The van der Waals surface area contributed by atoms with Crippen molar-refractivity contribution in [2.45, 2.75) is 11.3 Å². The minimum absolute atomic E-state index is 0.0451. The van der Waals surface area contributed by atoms with Gasteiger partial charge in [-0.3, -0.25) is 4.79 Å². The van der Waals surface area contributed by atoms with E-state index in [-0.39, 0.29) is 19.4 Å². The Labute approximate surface area is 152 Å². The number of anilines is 1. The van der Waals surface area contributed by atoms with E-state index in [9.17, 15) is 17.6 Å². The molecule has 0 atom stereocenters. The molecule has 1 amide bonds. The number of nitrogens with one attached hydrogen (secondary N) is 1. The van der Waals surface area contributed by atoms with E-state index in [1.54, 1.807) is 0 Å². The van der Waals surface area contributed by atoms with Gasteiger partial charge in [0.15, 0.2) is 0 Å². The zero-order chi connectivity index (χ0) is 18.6. The highest BCUT2D eigenvalue weighted by molar-refractivity contribution is 7.90. The Morgan fingerprint density at radius 1 is 1.19 bits per heavy atom. The number of halogens is 1. The molecule has 134 valence electrons. The molecule has 1 fully saturated rings. The van der Waals surface area contributed by atoms with Gasteiger partial charge < -0.3 is 10.1 Å². The summed E-state index contributed by atoms with van der Waals surface area (Å²) < 4.78 is 46.7. The van der Waals surface area contributed by atoms with Crippen molar-refractivity contribution >= 4 is 35.7 Å². The number of carbonyl (C=O) groups excluding carboxylic acids is 1. The summed E-state index contributed by atoms with van der Waals surface area (Å²) in [5.74, 6) is -0.904. The molecule has 1 heterocycles. The molecule has 26 heavy (non-hydrogen) atoms. The fraction of sp³-hybridized carbons (Fsp3) is 0.176. The molecule has 1 N–H and O–H groups in total. The largest absolute Gasteiger partial charge is 0.377 e. The Morgan fingerprint density at radius 2 is 1.96 bits per heavy atom. The highest BCUT2D eigenvalue weighted by Crippen LogP contribution is 2.16. The van der Waals surface area contributed by atoms with Crippen LogP contribution in [0.25, 0.3) is 0 Å². The average molecular weight is 390 g/mol. The third-order valence-corrected chi connectivity index (χ3v) is 6.53. The molecule has 3 rings (SSSR count). The van der Waals surface area contributed by atoms with Crippen molar-refractivity contribution in [1.82, 2.24) is 0 Å². The number of benzene rings is 2. The predicted octanol–water partition coefficient (Wildman–Crippen LogP) is 2.25. The molecule has 0 unspecified atom stereocenters. The molecule has 2 aromatic carbocycles. The van der Waals surface area contributed by atoms with Crippen molar-refractivity contribution < 1.29 is 22.3 Å². The minimum Gasteiger partial charge on any atom is -0.377 e. The maximum atomic E-state index is 12.9. The first-order valence-corrected chi connectivity index (χ1v) is 10.2. The Morgan fingerprint density at radius 3 is 2.65 bits per heavy atom. The lowest BCUT2D eigenvalue weighted by molar-refractivity contribution is 0.102. The maximum Gasteiger partial charge on any atom is 0.280 e. The molecule has 1 aliphatic heterocycles. The van der Waals surface area contributed by atoms with Gasteiger partial charge in [-0.2, -0.15) is 12.5 Å². The first kappa shape index (κ1) is 18.4. The quantitative estimate of drug-likeness (QED) is 0.812. The van der Waals surface area contributed by atoms with Crippen LogP contribution in [-0.4, -0.2) is 41.6 Å². The number of carbonyl (C=O) groups is 1. The molecule has 0 aliphatic carbocycles. The summed E-state index contributed by atoms with van der Waals surface area (Å²) in [5, 5.41) is 3.55. The molecule has 0 bridgehead atoms. The lowest BCUT2D eigenvalue weighted by Gasteiger charge is -2.06. The molecular weight excluding hydrogens is 375 g/mol. The lowest BCUT2D eigenvalue weighted by Crippen LogP contribution is -2.12. The number of rotatable bonds is 4. The van der Waals surface area contributed by atoms with Crippen LogP contribution >= 0.6 is 0 Å². The molecule has 1 aliphatic rings. The first-order valence-electron chi connectivity index (χ1n) is 7.76. The first-order chi connectivity index (χ1) is 12.4. The molecular formula is C17H15FN2O4SSi. The predicted molar refractivity (Wildman–Crippen MR) is 96.6 cm³/mol. The van der Waals surface area contributed by atoms with E-state index in [2.05, 4.69) is 9.36 Å². The van der Waals surface area contributed by atoms with E-state index in [1.807, 2.05) is 0 Å². The van der Waals surface area contributed by atoms with Crippen LogP contribution in [0.4, 0.5) is 10.1 Å². The number of nitrogens with zero attached hydrogens (tertiary/aromatic N) is 1. The van der Waals surface area contributed by atoms with Crippen molar-refractivity contribution in [3.63, 3.8) is 0 Å². The third-order valence-electron chi connectivity index (χ3n) is 3.64. The van der Waals surface area contributed by atoms with Gasteiger partial charge in [0.1, 0.15) is 14.7 Å². The summed E-state index contributed by atoms with van der Waals surface area (Å²) >= 11 is 0. The van der Waals surface area contributed by atoms with Crippen molar-refractivity contribution in [1.29, 1.82) is 0 Å². The Kier molecular flexibility index (Phi) is 5.60. The van der Waals surface area contributed by atoms with E-state index >= 15 is 0 Å². The number of ether oxygens (including phenoxy) is 1. The lowest BCUT2D eigenvalue weighted by atomic mass is 10.2. The summed E-state index contributed by atoms with van der Waals surface area (Å²) in [6, 6.07) is 10.9. The van der Waals surface area contributed by atoms with Crippen molar-refractivity contribution in [2.75, 3.05) is 18.5 Å². The fourth-order valence-corrected chi connectivity index (χ4v) is 4.59. The minimum atomic E-state index is -3.85. The van der Waals surface area contributed by atoms with E-state index in [0.29, 0.717) is 18.9 Å². The van der Waals surface area contributed by atoms with Gasteiger partial charge in [0, 0.05) is 11.3 Å². The van der Waals surface area contributed by atoms with Crippen LogP contribution in [0.2, 0.25) is 0 Å². The smallest absolute Gasteiger partial charge is 0.280 e. The third kappa shape index (κ3) is 4.62. The monoisotopic (exact) mass is 390 g/mol. The molecule has 0 aromatic heterocycles. The summed E-state index contributed by atoms with van der Waals surface area (Å²) in [7, 11) is -4.03. The second-order valence-corrected chi connectivity index (χ2v) is 8.66. The van der Waals surface area contributed by atoms with Gasteiger partial charge in [-0.05, 0) is 54.1 Å². The fourth-order valence-electron chi connectivity index (χ4n) is 2.26. The number of sulfonamides is 1. The highest BCUT2D eigenvalue weighted by atomic mass is 32.2. The summed E-state index contributed by atoms with van der Waals surface area (Å²) in [4.78, 5) is 12.3. The van der Waals surface area contributed by atoms with Crippen LogP contribution in [0.15, 0.2) is 57.5 Å². The van der Waals surface area contributed by atoms with Crippen LogP contribution in [0.5, 0.6) is 0 Å². The highest BCUT2D eigenvalue weighted by Gasteiger charge is 2.15. The second-order valence-electron chi connectivity index (χ2n) is 5.57. The van der Waals surface area contributed by atoms with Gasteiger partial charge in [0.05, 0.1) is 18.1 Å². The van der Waals surface area contributed by atoms with Crippen LogP contribution in [0.3, 0.4) is 0 Å². The Balaban J connectivity index is 1.82. The van der Waals surface area contributed by atoms with Gasteiger partial charge in [-0.25, -0.2) is 4.39 Å². The number of hydrogen-bond donors (Lipinski definition) is 1. The summed E-state index contributed by atoms with van der Waals surface area (Å²) in [6.07, 6.45) is 0.720. The van der Waals surface area contributed by atoms with Crippen LogP contribution < -0.4 is 5.32 Å². The molecule has 1 saturated heterocycles. The average Bonchev–Trinajstić information content (AvgIpc) is 3.16. The number of hydrogen-bond acceptors (Lipinski definition) is 4. The van der Waals surface area contributed by atoms with Gasteiger partial charge >= 0.3 is 0 Å². The SMILES string of the molecule is O=C(Nc1ccc(F)cc1)c1cccc(S(=O)(=O)N=[Si]=C2CCOC2)c1. The topological polar surface area (TPSA) is 84.8 Å². The van der Waals surface area contributed by atoms with E-state index in [4.69, 9.17) is 4.74 Å². The van der Waals surface area contributed by atoms with Crippen LogP contribution in [0, 0.1) is 5.82 Å². The Bertz CT molecular complexity index is 992. The molecule has 6 nitrogen and oxygen atoms in total. The van der Waals surface area contributed by atoms with E-state index < -0.39 is 21.7 Å². The van der Waals surface area contributed by atoms with Gasteiger partial charge in [0.2, 0.25) is 0 Å². The molecule has 0 saturated carbocycles. The Hall–Kier alpha value is -2.36. The van der Waals surface area contributed by atoms with Crippen molar-refractivity contribution in [3.8, 4) is 0 Å². The zero-order valence-electron chi connectivity index (χ0n) is 13.6. The number of amides is 1. The molecule has 2 aromatic rings.